The van der Waals surface area contributed by atoms with Crippen molar-refractivity contribution in [1.82, 2.24) is 0 Å². The SMILES string of the molecule is CC1(C(=O)OCCC[Si](Cl)(Cl)Cl)CC2C=CC1C2. The fourth-order valence-corrected chi connectivity index (χ4v) is 4.68. The van der Waals surface area contributed by atoms with Crippen LogP contribution in [0.4, 0.5) is 0 Å². The first-order valence-electron chi connectivity index (χ1n) is 6.23. The third-order valence-electron chi connectivity index (χ3n) is 3.98. The molecule has 0 aromatic heterocycles. The number of allylic oxidation sites excluding steroid dienone is 2. The Labute approximate surface area is 123 Å². The molecule has 18 heavy (non-hydrogen) atoms. The lowest BCUT2D eigenvalue weighted by atomic mass is 9.78. The number of esters is 1. The average Bonchev–Trinajstić information content (AvgIpc) is 2.82. The molecular weight excluding hydrogens is 311 g/mol. The van der Waals surface area contributed by atoms with Crippen molar-refractivity contribution >= 4 is 45.2 Å². The lowest BCUT2D eigenvalue weighted by molar-refractivity contribution is -0.156. The van der Waals surface area contributed by atoms with Crippen LogP contribution in [-0.4, -0.2) is 18.6 Å². The van der Waals surface area contributed by atoms with E-state index < -0.39 is 6.00 Å². The maximum absolute atomic E-state index is 12.1. The molecule has 2 aliphatic rings. The highest BCUT2D eigenvalue weighted by Crippen LogP contribution is 2.52. The van der Waals surface area contributed by atoms with Crippen molar-refractivity contribution in [3.8, 4) is 0 Å². The smallest absolute Gasteiger partial charge is 0.341 e. The molecule has 0 aromatic rings. The molecule has 2 rings (SSSR count). The minimum absolute atomic E-state index is 0.0923. The summed E-state index contributed by atoms with van der Waals surface area (Å²) < 4.78 is 5.35. The van der Waals surface area contributed by atoms with E-state index in [4.69, 9.17) is 38.0 Å². The molecule has 0 heterocycles. The molecule has 1 saturated carbocycles. The van der Waals surface area contributed by atoms with Crippen molar-refractivity contribution in [3.05, 3.63) is 12.2 Å². The van der Waals surface area contributed by atoms with Crippen LogP contribution in [0.3, 0.4) is 0 Å². The number of halogens is 3. The standard InChI is InChI=1S/C12H17Cl3O2Si/c1-12(8-9-3-4-10(12)7-9)11(16)17-5-2-6-18(13,14)15/h3-4,9-10H,2,5-8H2,1H3. The number of hydrogen-bond acceptors (Lipinski definition) is 2. The molecule has 0 aromatic carbocycles. The summed E-state index contributed by atoms with van der Waals surface area (Å²) >= 11 is 17.3. The van der Waals surface area contributed by atoms with Crippen LogP contribution in [0.1, 0.15) is 26.2 Å². The molecule has 2 bridgehead atoms. The first kappa shape index (κ1) is 14.7. The zero-order chi connectivity index (χ0) is 13.4. The molecule has 0 saturated heterocycles. The van der Waals surface area contributed by atoms with Crippen LogP contribution in [0, 0.1) is 17.3 Å². The summed E-state index contributed by atoms with van der Waals surface area (Å²) in [4.78, 5) is 12.1. The summed E-state index contributed by atoms with van der Waals surface area (Å²) in [6.45, 7) is 2.36. The Morgan fingerprint density at radius 2 is 2.17 bits per heavy atom. The molecule has 3 unspecified atom stereocenters. The highest BCUT2D eigenvalue weighted by atomic mass is 35.8. The van der Waals surface area contributed by atoms with Gasteiger partial charge in [-0.15, -0.1) is 33.2 Å². The third-order valence-corrected chi connectivity index (χ3v) is 6.60. The molecule has 2 aliphatic carbocycles. The van der Waals surface area contributed by atoms with Crippen LogP contribution in [0.15, 0.2) is 12.2 Å². The van der Waals surface area contributed by atoms with Crippen LogP contribution in [0.5, 0.6) is 0 Å². The molecule has 0 amide bonds. The van der Waals surface area contributed by atoms with Crippen molar-refractivity contribution in [2.24, 2.45) is 17.3 Å². The van der Waals surface area contributed by atoms with Crippen LogP contribution in [-0.2, 0) is 9.53 Å². The van der Waals surface area contributed by atoms with Crippen molar-refractivity contribution < 1.29 is 9.53 Å². The highest BCUT2D eigenvalue weighted by molar-refractivity contribution is 7.64. The summed E-state index contributed by atoms with van der Waals surface area (Å²) in [5.74, 6) is 0.809. The third kappa shape index (κ3) is 3.24. The van der Waals surface area contributed by atoms with Gasteiger partial charge in [-0.05, 0) is 44.1 Å². The second-order valence-electron chi connectivity index (χ2n) is 5.46. The van der Waals surface area contributed by atoms with E-state index >= 15 is 0 Å². The fraction of sp³-hybridized carbons (Fsp3) is 0.750. The van der Waals surface area contributed by atoms with Crippen molar-refractivity contribution in [3.63, 3.8) is 0 Å². The van der Waals surface area contributed by atoms with Gasteiger partial charge in [-0.1, -0.05) is 12.2 Å². The average molecular weight is 328 g/mol. The molecule has 6 heteroatoms. The van der Waals surface area contributed by atoms with E-state index in [1.165, 1.54) is 0 Å². The fourth-order valence-electron chi connectivity index (χ4n) is 2.93. The summed E-state index contributed by atoms with van der Waals surface area (Å²) in [7, 11) is 0. The van der Waals surface area contributed by atoms with Gasteiger partial charge in [0.25, 0.3) is 0 Å². The quantitative estimate of drug-likeness (QED) is 0.249. The Balaban J connectivity index is 1.77. The van der Waals surface area contributed by atoms with E-state index in [1.807, 2.05) is 6.92 Å². The van der Waals surface area contributed by atoms with Gasteiger partial charge < -0.3 is 4.74 Å². The summed E-state index contributed by atoms with van der Waals surface area (Å²) in [5.41, 5.74) is -0.336. The van der Waals surface area contributed by atoms with Crippen LogP contribution in [0.25, 0.3) is 0 Å². The monoisotopic (exact) mass is 326 g/mol. The van der Waals surface area contributed by atoms with Crippen LogP contribution >= 0.6 is 33.2 Å². The maximum Gasteiger partial charge on any atom is 0.341 e. The molecule has 0 radical (unpaired) electrons. The maximum atomic E-state index is 12.1. The number of carbonyl (C=O) groups excluding carboxylic acids is 1. The predicted octanol–water partition coefficient (Wildman–Crippen LogP) is 4.18. The predicted molar refractivity (Wildman–Crippen MR) is 77.2 cm³/mol. The lowest BCUT2D eigenvalue weighted by Gasteiger charge is -2.28. The van der Waals surface area contributed by atoms with E-state index in [0.29, 0.717) is 30.9 Å². The normalized spacial score (nSPS) is 34.0. The number of hydrogen-bond donors (Lipinski definition) is 0. The van der Waals surface area contributed by atoms with Gasteiger partial charge in [0.15, 0.2) is 0 Å². The van der Waals surface area contributed by atoms with E-state index in [-0.39, 0.29) is 11.4 Å². The van der Waals surface area contributed by atoms with E-state index in [0.717, 1.165) is 12.8 Å². The van der Waals surface area contributed by atoms with Gasteiger partial charge in [0, 0.05) is 0 Å². The minimum Gasteiger partial charge on any atom is -0.465 e. The summed E-state index contributed by atoms with van der Waals surface area (Å²) in [5, 5.41) is 0. The first-order chi connectivity index (χ1) is 8.31. The molecule has 0 N–H and O–H groups in total. The zero-order valence-corrected chi connectivity index (χ0v) is 13.6. The van der Waals surface area contributed by atoms with Gasteiger partial charge in [0.2, 0.25) is 0 Å². The zero-order valence-electron chi connectivity index (χ0n) is 10.3. The van der Waals surface area contributed by atoms with E-state index in [1.54, 1.807) is 0 Å². The van der Waals surface area contributed by atoms with Gasteiger partial charge in [0.05, 0.1) is 12.0 Å². The van der Waals surface area contributed by atoms with Crippen molar-refractivity contribution in [2.75, 3.05) is 6.61 Å². The molecule has 3 atom stereocenters. The van der Waals surface area contributed by atoms with E-state index in [2.05, 4.69) is 12.2 Å². The van der Waals surface area contributed by atoms with Crippen LogP contribution in [0.2, 0.25) is 6.04 Å². The topological polar surface area (TPSA) is 26.3 Å². The summed E-state index contributed by atoms with van der Waals surface area (Å²) in [6.07, 6.45) is 7.01. The highest BCUT2D eigenvalue weighted by Gasteiger charge is 2.50. The Kier molecular flexibility index (Phi) is 4.37. The molecule has 0 spiro atoms. The minimum atomic E-state index is -2.58. The number of carbonyl (C=O) groups is 1. The Morgan fingerprint density at radius 3 is 2.67 bits per heavy atom. The van der Waals surface area contributed by atoms with Crippen molar-refractivity contribution in [2.45, 2.75) is 32.2 Å². The number of ether oxygens (including phenoxy) is 1. The Bertz CT molecular complexity index is 367. The van der Waals surface area contributed by atoms with Gasteiger partial charge in [-0.2, -0.15) is 0 Å². The molecule has 0 aliphatic heterocycles. The molecular formula is C12H17Cl3O2Si. The van der Waals surface area contributed by atoms with Crippen LogP contribution < -0.4 is 0 Å². The Morgan fingerprint density at radius 1 is 1.44 bits per heavy atom. The first-order valence-corrected chi connectivity index (χ1v) is 11.5. The van der Waals surface area contributed by atoms with Gasteiger partial charge >= 0.3 is 12.0 Å². The number of rotatable bonds is 5. The largest absolute Gasteiger partial charge is 0.465 e. The Hall–Kier alpha value is 0.297. The van der Waals surface area contributed by atoms with Gasteiger partial charge in [-0.3, -0.25) is 4.79 Å². The number of fused-ring (bicyclic) bond motifs is 2. The lowest BCUT2D eigenvalue weighted by Crippen LogP contribution is -2.34. The van der Waals surface area contributed by atoms with Crippen molar-refractivity contribution in [1.29, 1.82) is 0 Å². The molecule has 1 fully saturated rings. The second kappa shape index (κ2) is 5.35. The van der Waals surface area contributed by atoms with Gasteiger partial charge in [0.1, 0.15) is 0 Å². The molecule has 2 nitrogen and oxygen atoms in total. The summed E-state index contributed by atoms with van der Waals surface area (Å²) in [6, 6.07) is -2.04. The molecule has 102 valence electrons. The van der Waals surface area contributed by atoms with E-state index in [9.17, 15) is 4.79 Å². The van der Waals surface area contributed by atoms with Gasteiger partial charge in [-0.25, -0.2) is 0 Å². The second-order valence-corrected chi connectivity index (χ2v) is 14.7.